The third-order valence-electron chi connectivity index (χ3n) is 3.51. The zero-order chi connectivity index (χ0) is 16.3. The van der Waals surface area contributed by atoms with Gasteiger partial charge in [0.15, 0.2) is 0 Å². The van der Waals surface area contributed by atoms with E-state index in [1.54, 1.807) is 38.3 Å². The maximum absolute atomic E-state index is 11.5. The second kappa shape index (κ2) is 6.30. The van der Waals surface area contributed by atoms with E-state index in [1.165, 1.54) is 12.1 Å². The molecule has 0 aromatic heterocycles. The van der Waals surface area contributed by atoms with Gasteiger partial charge < -0.3 is 14.9 Å². The molecule has 0 spiro atoms. The molecule has 2 aromatic rings. The molecule has 0 atom stereocenters. The predicted molar refractivity (Wildman–Crippen MR) is 80.9 cm³/mol. The van der Waals surface area contributed by atoms with Gasteiger partial charge >= 0.3 is 11.9 Å². The highest BCUT2D eigenvalue weighted by Crippen LogP contribution is 2.24. The van der Waals surface area contributed by atoms with Gasteiger partial charge in [-0.2, -0.15) is 0 Å². The lowest BCUT2D eigenvalue weighted by Crippen LogP contribution is -2.12. The standard InChI is InChI=1S/C17H16O5/c1-10-3-8-13(16(18)19)14(15(10)17(20)21)9-11-4-6-12(22-2)7-5-11/h3-8H,9H2,1-2H3,(H,18,19)(H,20,21). The lowest BCUT2D eigenvalue weighted by molar-refractivity contribution is 0.0695. The highest BCUT2D eigenvalue weighted by molar-refractivity contribution is 5.97. The van der Waals surface area contributed by atoms with Crippen LogP contribution in [0.2, 0.25) is 0 Å². The summed E-state index contributed by atoms with van der Waals surface area (Å²) in [5.74, 6) is -1.57. The van der Waals surface area contributed by atoms with Crippen LogP contribution in [0.1, 0.15) is 37.4 Å². The fourth-order valence-corrected chi connectivity index (χ4v) is 2.39. The Morgan fingerprint density at radius 2 is 1.64 bits per heavy atom. The number of aromatic carboxylic acids is 2. The first-order chi connectivity index (χ1) is 10.4. The number of methoxy groups -OCH3 is 1. The molecule has 0 aliphatic heterocycles. The first-order valence-corrected chi connectivity index (χ1v) is 6.66. The number of rotatable bonds is 5. The third-order valence-corrected chi connectivity index (χ3v) is 3.51. The largest absolute Gasteiger partial charge is 0.497 e. The summed E-state index contributed by atoms with van der Waals surface area (Å²) in [7, 11) is 1.56. The van der Waals surface area contributed by atoms with Crippen molar-refractivity contribution in [3.05, 3.63) is 64.2 Å². The van der Waals surface area contributed by atoms with E-state index in [1.807, 2.05) is 0 Å². The molecule has 2 aromatic carbocycles. The normalized spacial score (nSPS) is 10.3. The maximum Gasteiger partial charge on any atom is 0.336 e. The van der Waals surface area contributed by atoms with Crippen LogP contribution in [0.4, 0.5) is 0 Å². The van der Waals surface area contributed by atoms with Crippen molar-refractivity contribution in [2.45, 2.75) is 13.3 Å². The molecule has 0 bridgehead atoms. The Kier molecular flexibility index (Phi) is 4.46. The van der Waals surface area contributed by atoms with Crippen molar-refractivity contribution in [3.63, 3.8) is 0 Å². The van der Waals surface area contributed by atoms with Gasteiger partial charge in [-0.25, -0.2) is 9.59 Å². The summed E-state index contributed by atoms with van der Waals surface area (Å²) >= 11 is 0. The summed E-state index contributed by atoms with van der Waals surface area (Å²) in [5.41, 5.74) is 1.73. The predicted octanol–water partition coefficient (Wildman–Crippen LogP) is 2.99. The molecule has 5 nitrogen and oxygen atoms in total. The molecule has 2 N–H and O–H groups in total. The van der Waals surface area contributed by atoms with Crippen LogP contribution < -0.4 is 4.74 Å². The smallest absolute Gasteiger partial charge is 0.336 e. The summed E-state index contributed by atoms with van der Waals surface area (Å²) in [6, 6.07) is 10.1. The Morgan fingerprint density at radius 1 is 1.00 bits per heavy atom. The molecule has 22 heavy (non-hydrogen) atoms. The lowest BCUT2D eigenvalue weighted by atomic mass is 9.91. The molecule has 5 heteroatoms. The molecule has 0 saturated heterocycles. The molecule has 0 fully saturated rings. The molecule has 0 radical (unpaired) electrons. The van der Waals surface area contributed by atoms with Crippen molar-refractivity contribution in [2.75, 3.05) is 7.11 Å². The van der Waals surface area contributed by atoms with E-state index in [0.29, 0.717) is 16.9 Å². The van der Waals surface area contributed by atoms with Gasteiger partial charge in [0.25, 0.3) is 0 Å². The van der Waals surface area contributed by atoms with Crippen LogP contribution in [-0.2, 0) is 6.42 Å². The zero-order valence-corrected chi connectivity index (χ0v) is 12.3. The number of hydrogen-bond donors (Lipinski definition) is 2. The van der Waals surface area contributed by atoms with Gasteiger partial charge in [0, 0.05) is 0 Å². The molecule has 0 saturated carbocycles. The van der Waals surface area contributed by atoms with Gasteiger partial charge in [0.2, 0.25) is 0 Å². The molecule has 0 aliphatic carbocycles. The van der Waals surface area contributed by atoms with Gasteiger partial charge in [0.05, 0.1) is 18.2 Å². The summed E-state index contributed by atoms with van der Waals surface area (Å²) in [6.45, 7) is 1.66. The SMILES string of the molecule is COc1ccc(Cc2c(C(=O)O)ccc(C)c2C(=O)O)cc1. The molecule has 0 amide bonds. The number of aryl methyl sites for hydroxylation is 1. The molecular formula is C17H16O5. The second-order valence-corrected chi connectivity index (χ2v) is 4.92. The summed E-state index contributed by atoms with van der Waals surface area (Å²) < 4.78 is 5.07. The molecule has 114 valence electrons. The Balaban J connectivity index is 2.53. The molecule has 0 unspecified atom stereocenters. The van der Waals surface area contributed by atoms with E-state index in [0.717, 1.165) is 5.56 Å². The van der Waals surface area contributed by atoms with Crippen LogP contribution in [0.25, 0.3) is 0 Å². The van der Waals surface area contributed by atoms with E-state index in [9.17, 15) is 19.8 Å². The topological polar surface area (TPSA) is 83.8 Å². The highest BCUT2D eigenvalue weighted by atomic mass is 16.5. The van der Waals surface area contributed by atoms with Crippen molar-refractivity contribution in [2.24, 2.45) is 0 Å². The van der Waals surface area contributed by atoms with Crippen molar-refractivity contribution >= 4 is 11.9 Å². The van der Waals surface area contributed by atoms with Crippen LogP contribution in [0, 0.1) is 6.92 Å². The fourth-order valence-electron chi connectivity index (χ4n) is 2.39. The Labute approximate surface area is 127 Å². The average Bonchev–Trinajstić information content (AvgIpc) is 2.47. The number of carboxylic acid groups (broad SMARTS) is 2. The van der Waals surface area contributed by atoms with Gasteiger partial charge in [-0.15, -0.1) is 0 Å². The quantitative estimate of drug-likeness (QED) is 0.886. The number of benzene rings is 2. The summed E-state index contributed by atoms with van der Waals surface area (Å²) in [5, 5.41) is 18.7. The van der Waals surface area contributed by atoms with Gasteiger partial charge in [-0.1, -0.05) is 18.2 Å². The van der Waals surface area contributed by atoms with Crippen LogP contribution in [0.3, 0.4) is 0 Å². The minimum atomic E-state index is -1.13. The van der Waals surface area contributed by atoms with E-state index in [-0.39, 0.29) is 17.5 Å². The number of carboxylic acids is 2. The Bertz CT molecular complexity index is 717. The van der Waals surface area contributed by atoms with Crippen molar-refractivity contribution in [1.82, 2.24) is 0 Å². The summed E-state index contributed by atoms with van der Waals surface area (Å²) in [4.78, 5) is 22.9. The summed E-state index contributed by atoms with van der Waals surface area (Å²) in [6.07, 6.45) is 0.231. The van der Waals surface area contributed by atoms with Crippen LogP contribution >= 0.6 is 0 Å². The Hall–Kier alpha value is -2.82. The molecular weight excluding hydrogens is 284 g/mol. The van der Waals surface area contributed by atoms with Crippen LogP contribution in [0.5, 0.6) is 5.75 Å². The maximum atomic E-state index is 11.5. The number of hydrogen-bond acceptors (Lipinski definition) is 3. The number of carbonyl (C=O) groups is 2. The minimum Gasteiger partial charge on any atom is -0.497 e. The minimum absolute atomic E-state index is 0.0128. The molecule has 0 heterocycles. The van der Waals surface area contributed by atoms with Crippen molar-refractivity contribution in [3.8, 4) is 5.75 Å². The van der Waals surface area contributed by atoms with Crippen LogP contribution in [0.15, 0.2) is 36.4 Å². The fraction of sp³-hybridized carbons (Fsp3) is 0.176. The highest BCUT2D eigenvalue weighted by Gasteiger charge is 2.20. The van der Waals surface area contributed by atoms with E-state index >= 15 is 0 Å². The Morgan fingerprint density at radius 3 is 2.14 bits per heavy atom. The van der Waals surface area contributed by atoms with Gasteiger partial charge in [-0.05, 0) is 48.2 Å². The van der Waals surface area contributed by atoms with Crippen molar-refractivity contribution < 1.29 is 24.5 Å². The zero-order valence-electron chi connectivity index (χ0n) is 12.3. The molecule has 0 aliphatic rings. The molecule has 2 rings (SSSR count). The third kappa shape index (κ3) is 3.09. The van der Waals surface area contributed by atoms with Crippen LogP contribution in [-0.4, -0.2) is 29.3 Å². The monoisotopic (exact) mass is 300 g/mol. The average molecular weight is 300 g/mol. The van der Waals surface area contributed by atoms with Gasteiger partial charge in [-0.3, -0.25) is 0 Å². The van der Waals surface area contributed by atoms with E-state index < -0.39 is 11.9 Å². The number of ether oxygens (including phenoxy) is 1. The second-order valence-electron chi connectivity index (χ2n) is 4.92. The van der Waals surface area contributed by atoms with Crippen molar-refractivity contribution in [1.29, 1.82) is 0 Å². The first-order valence-electron chi connectivity index (χ1n) is 6.66. The van der Waals surface area contributed by atoms with Gasteiger partial charge in [0.1, 0.15) is 5.75 Å². The first kappa shape index (κ1) is 15.6. The van der Waals surface area contributed by atoms with E-state index in [2.05, 4.69) is 0 Å². The lowest BCUT2D eigenvalue weighted by Gasteiger charge is -2.13. The van der Waals surface area contributed by atoms with E-state index in [4.69, 9.17) is 4.74 Å².